The maximum atomic E-state index is 5.59. The Kier molecular flexibility index (Phi) is 1.51. The minimum Gasteiger partial charge on any atom is -0.338 e. The van der Waals surface area contributed by atoms with Gasteiger partial charge < -0.3 is 5.84 Å². The Morgan fingerprint density at radius 1 is 1.17 bits per heavy atom. The molecule has 0 aliphatic rings. The predicted octanol–water partition coefficient (Wildman–Crippen LogP) is 0.659. The monoisotopic (exact) mass is 160 g/mol. The highest BCUT2D eigenvalue weighted by molar-refractivity contribution is 5.48. The lowest BCUT2D eigenvalue weighted by molar-refractivity contribution is 0.999. The Hall–Kier alpha value is -1.84. The van der Waals surface area contributed by atoms with Gasteiger partial charge in [-0.05, 0) is 12.1 Å². The summed E-state index contributed by atoms with van der Waals surface area (Å²) < 4.78 is 1.45. The molecule has 0 aliphatic heterocycles. The summed E-state index contributed by atoms with van der Waals surface area (Å²) in [4.78, 5) is 8.18. The smallest absolute Gasteiger partial charge is 0.177 e. The van der Waals surface area contributed by atoms with E-state index >= 15 is 0 Å². The second kappa shape index (κ2) is 2.65. The number of nitrogens with two attached hydrogens (primary N) is 1. The third-order valence-corrected chi connectivity index (χ3v) is 1.56. The Balaban J connectivity index is 2.51. The van der Waals surface area contributed by atoms with Gasteiger partial charge in [-0.2, -0.15) is 0 Å². The van der Waals surface area contributed by atoms with E-state index in [2.05, 4.69) is 9.97 Å². The minimum absolute atomic E-state index is 0.676. The normalized spacial score (nSPS) is 10.0. The van der Waals surface area contributed by atoms with E-state index in [0.717, 1.165) is 5.69 Å². The SMILES string of the molecule is Nn1ccnc1-c1ccccn1. The molecule has 4 nitrogen and oxygen atoms in total. The molecule has 0 atom stereocenters. The van der Waals surface area contributed by atoms with Crippen LogP contribution in [0.3, 0.4) is 0 Å². The van der Waals surface area contributed by atoms with E-state index in [1.807, 2.05) is 18.2 Å². The molecule has 2 heterocycles. The van der Waals surface area contributed by atoms with E-state index < -0.39 is 0 Å². The summed E-state index contributed by atoms with van der Waals surface area (Å²) in [5, 5.41) is 0. The van der Waals surface area contributed by atoms with E-state index in [9.17, 15) is 0 Å². The van der Waals surface area contributed by atoms with Crippen LogP contribution in [0, 0.1) is 0 Å². The summed E-state index contributed by atoms with van der Waals surface area (Å²) in [6.45, 7) is 0. The molecule has 0 aliphatic carbocycles. The van der Waals surface area contributed by atoms with Crippen LogP contribution in [0.25, 0.3) is 11.5 Å². The van der Waals surface area contributed by atoms with Crippen molar-refractivity contribution in [3.05, 3.63) is 36.8 Å². The van der Waals surface area contributed by atoms with Crippen molar-refractivity contribution in [3.63, 3.8) is 0 Å². The summed E-state index contributed by atoms with van der Waals surface area (Å²) in [6.07, 6.45) is 5.04. The molecule has 0 unspecified atom stereocenters. The lowest BCUT2D eigenvalue weighted by Crippen LogP contribution is -2.08. The Morgan fingerprint density at radius 2 is 2.08 bits per heavy atom. The van der Waals surface area contributed by atoms with Gasteiger partial charge in [0, 0.05) is 18.6 Å². The summed E-state index contributed by atoms with van der Waals surface area (Å²) in [6, 6.07) is 5.62. The summed E-state index contributed by atoms with van der Waals surface area (Å²) in [5.74, 6) is 6.26. The van der Waals surface area contributed by atoms with Crippen LogP contribution >= 0.6 is 0 Å². The van der Waals surface area contributed by atoms with Crippen LogP contribution in [0.15, 0.2) is 36.8 Å². The minimum atomic E-state index is 0.676. The van der Waals surface area contributed by atoms with Gasteiger partial charge in [0.15, 0.2) is 5.82 Å². The molecule has 12 heavy (non-hydrogen) atoms. The third-order valence-electron chi connectivity index (χ3n) is 1.56. The van der Waals surface area contributed by atoms with E-state index in [1.165, 1.54) is 4.68 Å². The maximum absolute atomic E-state index is 5.59. The zero-order valence-electron chi connectivity index (χ0n) is 6.38. The van der Waals surface area contributed by atoms with Crippen LogP contribution in [0.2, 0.25) is 0 Å². The fourth-order valence-electron chi connectivity index (χ4n) is 1.01. The molecule has 2 aromatic rings. The van der Waals surface area contributed by atoms with Gasteiger partial charge in [0.05, 0.1) is 0 Å². The number of nitrogen functional groups attached to an aromatic ring is 1. The molecule has 0 fully saturated rings. The van der Waals surface area contributed by atoms with Crippen LogP contribution in [-0.4, -0.2) is 14.6 Å². The molecule has 0 spiro atoms. The second-order valence-corrected chi connectivity index (χ2v) is 2.37. The standard InChI is InChI=1S/C8H8N4/c9-12-6-5-11-8(12)7-3-1-2-4-10-7/h1-6H,9H2. The van der Waals surface area contributed by atoms with Crippen molar-refractivity contribution in [1.82, 2.24) is 14.6 Å². The molecule has 0 radical (unpaired) electrons. The Labute approximate surface area is 69.7 Å². The highest BCUT2D eigenvalue weighted by Crippen LogP contribution is 2.10. The lowest BCUT2D eigenvalue weighted by Gasteiger charge is -1.98. The molecule has 0 bridgehead atoms. The molecule has 2 aromatic heterocycles. The average molecular weight is 160 g/mol. The molecule has 2 rings (SSSR count). The number of nitrogens with zero attached hydrogens (tertiary/aromatic N) is 3. The van der Waals surface area contributed by atoms with Gasteiger partial charge in [-0.25, -0.2) is 9.66 Å². The van der Waals surface area contributed by atoms with Crippen molar-refractivity contribution in [3.8, 4) is 11.5 Å². The molecule has 4 heteroatoms. The van der Waals surface area contributed by atoms with Gasteiger partial charge in [-0.3, -0.25) is 4.98 Å². The fraction of sp³-hybridized carbons (Fsp3) is 0. The first kappa shape index (κ1) is 6.84. The Bertz CT molecular complexity index is 366. The van der Waals surface area contributed by atoms with Crippen molar-refractivity contribution in [1.29, 1.82) is 0 Å². The highest BCUT2D eigenvalue weighted by atomic mass is 15.3. The van der Waals surface area contributed by atoms with Gasteiger partial charge in [0.1, 0.15) is 5.69 Å². The molecule has 2 N–H and O–H groups in total. The fourth-order valence-corrected chi connectivity index (χ4v) is 1.01. The first-order valence-corrected chi connectivity index (χ1v) is 3.58. The van der Waals surface area contributed by atoms with Crippen molar-refractivity contribution in [2.75, 3.05) is 5.84 Å². The largest absolute Gasteiger partial charge is 0.338 e. The first-order valence-electron chi connectivity index (χ1n) is 3.58. The number of hydrogen-bond donors (Lipinski definition) is 1. The number of rotatable bonds is 1. The quantitative estimate of drug-likeness (QED) is 0.623. The van der Waals surface area contributed by atoms with Gasteiger partial charge in [-0.15, -0.1) is 0 Å². The number of imidazole rings is 1. The third kappa shape index (κ3) is 1.03. The second-order valence-electron chi connectivity index (χ2n) is 2.37. The van der Waals surface area contributed by atoms with Gasteiger partial charge >= 0.3 is 0 Å². The maximum Gasteiger partial charge on any atom is 0.177 e. The van der Waals surface area contributed by atoms with Crippen molar-refractivity contribution in [2.24, 2.45) is 0 Å². The molecular formula is C8H8N4. The summed E-state index contributed by atoms with van der Waals surface area (Å²) >= 11 is 0. The molecule has 0 aromatic carbocycles. The van der Waals surface area contributed by atoms with Crippen molar-refractivity contribution < 1.29 is 0 Å². The van der Waals surface area contributed by atoms with Crippen LogP contribution in [0.1, 0.15) is 0 Å². The van der Waals surface area contributed by atoms with E-state index in [0.29, 0.717) is 5.82 Å². The Morgan fingerprint density at radius 3 is 2.67 bits per heavy atom. The molecular weight excluding hydrogens is 152 g/mol. The average Bonchev–Trinajstić information content (AvgIpc) is 2.53. The lowest BCUT2D eigenvalue weighted by atomic mass is 10.3. The van der Waals surface area contributed by atoms with Gasteiger partial charge in [0.25, 0.3) is 0 Å². The number of aromatic nitrogens is 3. The van der Waals surface area contributed by atoms with E-state index in [4.69, 9.17) is 5.84 Å². The van der Waals surface area contributed by atoms with Gasteiger partial charge in [0.2, 0.25) is 0 Å². The summed E-state index contributed by atoms with van der Waals surface area (Å²) in [5.41, 5.74) is 0.782. The van der Waals surface area contributed by atoms with Crippen LogP contribution in [-0.2, 0) is 0 Å². The summed E-state index contributed by atoms with van der Waals surface area (Å²) in [7, 11) is 0. The van der Waals surface area contributed by atoms with Crippen molar-refractivity contribution in [2.45, 2.75) is 0 Å². The first-order chi connectivity index (χ1) is 5.88. The molecule has 0 saturated heterocycles. The topological polar surface area (TPSA) is 56.7 Å². The van der Waals surface area contributed by atoms with E-state index in [-0.39, 0.29) is 0 Å². The zero-order chi connectivity index (χ0) is 8.39. The van der Waals surface area contributed by atoms with Crippen molar-refractivity contribution >= 4 is 0 Å². The van der Waals surface area contributed by atoms with Crippen LogP contribution in [0.5, 0.6) is 0 Å². The van der Waals surface area contributed by atoms with Gasteiger partial charge in [-0.1, -0.05) is 6.07 Å². The predicted molar refractivity (Wildman–Crippen MR) is 45.6 cm³/mol. The zero-order valence-corrected chi connectivity index (χ0v) is 6.38. The molecule has 60 valence electrons. The van der Waals surface area contributed by atoms with Crippen LogP contribution in [0.4, 0.5) is 0 Å². The van der Waals surface area contributed by atoms with E-state index in [1.54, 1.807) is 18.6 Å². The number of pyridine rings is 1. The van der Waals surface area contributed by atoms with Crippen LogP contribution < -0.4 is 5.84 Å². The highest BCUT2D eigenvalue weighted by Gasteiger charge is 2.02. The number of hydrogen-bond acceptors (Lipinski definition) is 3. The molecule has 0 amide bonds. The molecule has 0 saturated carbocycles.